The van der Waals surface area contributed by atoms with Crippen LogP contribution >= 0.6 is 0 Å². The number of carbonyl (C=O) groups is 1. The minimum absolute atomic E-state index is 0.258. The zero-order valence-corrected chi connectivity index (χ0v) is 10.9. The van der Waals surface area contributed by atoms with Crippen LogP contribution in [0.1, 0.15) is 22.6 Å². The highest BCUT2D eigenvalue weighted by Gasteiger charge is 2.16. The van der Waals surface area contributed by atoms with E-state index in [2.05, 4.69) is 10.3 Å². The molecule has 0 aliphatic rings. The molecule has 0 unspecified atom stereocenters. The van der Waals surface area contributed by atoms with Crippen molar-refractivity contribution in [3.05, 3.63) is 35.5 Å². The predicted molar refractivity (Wildman–Crippen MR) is 68.7 cm³/mol. The molecule has 2 aromatic heterocycles. The molecule has 1 N–H and O–H groups in total. The summed E-state index contributed by atoms with van der Waals surface area (Å²) < 4.78 is 19.6. The molecule has 6 heteroatoms. The topological polar surface area (TPSA) is 55.6 Å². The molecular weight excluding hydrogens is 249 g/mol. The van der Waals surface area contributed by atoms with Crippen LogP contribution in [0.15, 0.2) is 18.3 Å². The molecule has 0 aromatic carbocycles. The Kier molecular flexibility index (Phi) is 4.11. The van der Waals surface area contributed by atoms with Crippen molar-refractivity contribution in [2.24, 2.45) is 0 Å². The number of nitrogens with one attached hydrogen (secondary N) is 1. The molecule has 0 spiro atoms. The third-order valence-electron chi connectivity index (χ3n) is 2.78. The van der Waals surface area contributed by atoms with Crippen molar-refractivity contribution in [3.8, 4) is 0 Å². The van der Waals surface area contributed by atoms with E-state index in [4.69, 9.17) is 4.74 Å². The Morgan fingerprint density at radius 3 is 3.05 bits per heavy atom. The number of aryl methyl sites for hydroxylation is 1. The summed E-state index contributed by atoms with van der Waals surface area (Å²) in [5.41, 5.74) is 1.50. The summed E-state index contributed by atoms with van der Waals surface area (Å²) in [6.07, 6.45) is 1.99. The number of hydrogen-bond donors (Lipinski definition) is 1. The summed E-state index contributed by atoms with van der Waals surface area (Å²) in [5, 5.41) is 2.77. The van der Waals surface area contributed by atoms with Gasteiger partial charge in [-0.1, -0.05) is 0 Å². The zero-order chi connectivity index (χ0) is 13.8. The monoisotopic (exact) mass is 265 g/mol. The van der Waals surface area contributed by atoms with E-state index in [-0.39, 0.29) is 5.91 Å². The van der Waals surface area contributed by atoms with E-state index in [1.54, 1.807) is 20.1 Å². The van der Waals surface area contributed by atoms with Crippen molar-refractivity contribution in [1.29, 1.82) is 0 Å². The van der Waals surface area contributed by atoms with Crippen LogP contribution in [0.4, 0.5) is 4.39 Å². The van der Waals surface area contributed by atoms with Crippen LogP contribution < -0.4 is 5.32 Å². The summed E-state index contributed by atoms with van der Waals surface area (Å²) in [7, 11) is 1.61. The first-order valence-corrected chi connectivity index (χ1v) is 6.05. The van der Waals surface area contributed by atoms with Gasteiger partial charge in [-0.05, 0) is 25.5 Å². The van der Waals surface area contributed by atoms with Crippen molar-refractivity contribution < 1.29 is 13.9 Å². The van der Waals surface area contributed by atoms with Crippen molar-refractivity contribution in [2.75, 3.05) is 20.3 Å². The highest BCUT2D eigenvalue weighted by molar-refractivity contribution is 5.94. The number of fused-ring (bicyclic) bond motifs is 1. The average Bonchev–Trinajstić information content (AvgIpc) is 2.70. The van der Waals surface area contributed by atoms with Gasteiger partial charge in [-0.2, -0.15) is 0 Å². The van der Waals surface area contributed by atoms with Gasteiger partial charge in [0.2, 0.25) is 0 Å². The second-order valence-corrected chi connectivity index (χ2v) is 4.22. The van der Waals surface area contributed by atoms with Gasteiger partial charge in [0.15, 0.2) is 0 Å². The number of methoxy groups -OCH3 is 1. The Labute approximate surface area is 110 Å². The van der Waals surface area contributed by atoms with Crippen LogP contribution in [0.3, 0.4) is 0 Å². The second kappa shape index (κ2) is 5.79. The molecule has 19 heavy (non-hydrogen) atoms. The van der Waals surface area contributed by atoms with Gasteiger partial charge in [-0.15, -0.1) is 0 Å². The Bertz CT molecular complexity index is 595. The molecule has 0 saturated heterocycles. The lowest BCUT2D eigenvalue weighted by Gasteiger charge is -2.05. The van der Waals surface area contributed by atoms with Gasteiger partial charge in [-0.3, -0.25) is 9.20 Å². The first-order valence-electron chi connectivity index (χ1n) is 6.05. The zero-order valence-electron chi connectivity index (χ0n) is 10.9. The first kappa shape index (κ1) is 13.5. The van der Waals surface area contributed by atoms with Crippen molar-refractivity contribution in [3.63, 3.8) is 0 Å². The SMILES string of the molecule is COCCCNC(=O)c1c(C)nc2ccc(F)cn12. The summed E-state index contributed by atoms with van der Waals surface area (Å²) in [6, 6.07) is 2.87. The van der Waals surface area contributed by atoms with Gasteiger partial charge in [0.1, 0.15) is 17.2 Å². The molecule has 2 heterocycles. The van der Waals surface area contributed by atoms with Gasteiger partial charge in [0.05, 0.1) is 5.69 Å². The molecule has 0 aliphatic heterocycles. The number of nitrogens with zero attached hydrogens (tertiary/aromatic N) is 2. The molecule has 2 aromatic rings. The number of rotatable bonds is 5. The Hall–Kier alpha value is -1.95. The summed E-state index contributed by atoms with van der Waals surface area (Å²) >= 11 is 0. The summed E-state index contributed by atoms with van der Waals surface area (Å²) in [4.78, 5) is 16.3. The maximum atomic E-state index is 13.2. The van der Waals surface area contributed by atoms with Crippen molar-refractivity contribution in [2.45, 2.75) is 13.3 Å². The number of hydrogen-bond acceptors (Lipinski definition) is 3. The minimum atomic E-state index is -0.404. The molecule has 0 aliphatic carbocycles. The van der Waals surface area contributed by atoms with Crippen molar-refractivity contribution >= 4 is 11.6 Å². The molecular formula is C13H16FN3O2. The van der Waals surface area contributed by atoms with E-state index in [9.17, 15) is 9.18 Å². The molecule has 5 nitrogen and oxygen atoms in total. The average molecular weight is 265 g/mol. The Balaban J connectivity index is 2.21. The fourth-order valence-electron chi connectivity index (χ4n) is 1.91. The molecule has 102 valence electrons. The number of halogens is 1. The lowest BCUT2D eigenvalue weighted by Crippen LogP contribution is -2.27. The lowest BCUT2D eigenvalue weighted by molar-refractivity contribution is 0.0942. The molecule has 0 atom stereocenters. The van der Waals surface area contributed by atoms with Crippen LogP contribution in [0, 0.1) is 12.7 Å². The number of pyridine rings is 1. The summed E-state index contributed by atoms with van der Waals surface area (Å²) in [5.74, 6) is -0.662. The van der Waals surface area contributed by atoms with E-state index in [1.807, 2.05) is 0 Å². The van der Waals surface area contributed by atoms with E-state index in [0.717, 1.165) is 6.42 Å². The van der Waals surface area contributed by atoms with Crippen molar-refractivity contribution in [1.82, 2.24) is 14.7 Å². The molecule has 0 fully saturated rings. The lowest BCUT2D eigenvalue weighted by atomic mass is 10.3. The standard InChI is InChI=1S/C13H16FN3O2/c1-9-12(13(18)15-6-3-7-19-2)17-8-10(14)4-5-11(17)16-9/h4-5,8H,3,6-7H2,1-2H3,(H,15,18). The number of aromatic nitrogens is 2. The maximum absolute atomic E-state index is 13.2. The highest BCUT2D eigenvalue weighted by Crippen LogP contribution is 2.13. The minimum Gasteiger partial charge on any atom is -0.385 e. The molecule has 1 amide bonds. The van der Waals surface area contributed by atoms with Crippen LogP contribution in [-0.2, 0) is 4.74 Å². The quantitative estimate of drug-likeness (QED) is 0.834. The molecule has 2 rings (SSSR count). The number of carbonyl (C=O) groups excluding carboxylic acids is 1. The number of amides is 1. The van der Waals surface area contributed by atoms with Gasteiger partial charge in [0, 0.05) is 26.5 Å². The normalized spacial score (nSPS) is 10.9. The fraction of sp³-hybridized carbons (Fsp3) is 0.385. The van der Waals surface area contributed by atoms with Gasteiger partial charge in [-0.25, -0.2) is 9.37 Å². The summed E-state index contributed by atoms with van der Waals surface area (Å²) in [6.45, 7) is 2.82. The molecule has 0 saturated carbocycles. The molecule has 0 radical (unpaired) electrons. The van der Waals surface area contributed by atoms with E-state index >= 15 is 0 Å². The van der Waals surface area contributed by atoms with Gasteiger partial charge in [0.25, 0.3) is 5.91 Å². The third-order valence-corrected chi connectivity index (χ3v) is 2.78. The second-order valence-electron chi connectivity index (χ2n) is 4.22. The van der Waals surface area contributed by atoms with Crippen LogP contribution in [-0.4, -0.2) is 35.6 Å². The third kappa shape index (κ3) is 2.90. The van der Waals surface area contributed by atoms with Crippen LogP contribution in [0.2, 0.25) is 0 Å². The fourth-order valence-corrected chi connectivity index (χ4v) is 1.91. The smallest absolute Gasteiger partial charge is 0.270 e. The maximum Gasteiger partial charge on any atom is 0.270 e. The number of imidazole rings is 1. The highest BCUT2D eigenvalue weighted by atomic mass is 19.1. The first-order chi connectivity index (χ1) is 9.13. The number of ether oxygens (including phenoxy) is 1. The van der Waals surface area contributed by atoms with Crippen LogP contribution in [0.5, 0.6) is 0 Å². The predicted octanol–water partition coefficient (Wildman–Crippen LogP) is 1.55. The Morgan fingerprint density at radius 1 is 1.53 bits per heavy atom. The Morgan fingerprint density at radius 2 is 2.32 bits per heavy atom. The molecule has 0 bridgehead atoms. The van der Waals surface area contributed by atoms with E-state index < -0.39 is 5.82 Å². The van der Waals surface area contributed by atoms with Gasteiger partial charge < -0.3 is 10.1 Å². The van der Waals surface area contributed by atoms with Crippen LogP contribution in [0.25, 0.3) is 5.65 Å². The van der Waals surface area contributed by atoms with Gasteiger partial charge >= 0.3 is 0 Å². The largest absolute Gasteiger partial charge is 0.385 e. The van der Waals surface area contributed by atoms with E-state index in [0.29, 0.717) is 30.2 Å². The van der Waals surface area contributed by atoms with E-state index in [1.165, 1.54) is 16.7 Å².